The van der Waals surface area contributed by atoms with Crippen molar-refractivity contribution in [2.75, 3.05) is 18.2 Å². The number of carbonyl (C=O) groups excluding carboxylic acids is 1. The van der Waals surface area contributed by atoms with Crippen LogP contribution in [0.5, 0.6) is 0 Å². The fraction of sp³-hybridized carbons (Fsp3) is 0.267. The van der Waals surface area contributed by atoms with Crippen molar-refractivity contribution in [2.24, 2.45) is 0 Å². The average Bonchev–Trinajstić information content (AvgIpc) is 2.84. The molecule has 1 N–H and O–H groups in total. The molecule has 1 aromatic carbocycles. The van der Waals surface area contributed by atoms with Crippen LogP contribution in [0.25, 0.3) is 0 Å². The number of carbonyl (C=O) groups is 1. The average molecular weight is 386 g/mol. The molecule has 0 bridgehead atoms. The number of methoxy groups -OCH3 is 1. The molecule has 1 aliphatic rings. The van der Waals surface area contributed by atoms with Gasteiger partial charge in [0.2, 0.25) is 5.28 Å². The Morgan fingerprint density at radius 3 is 2.84 bits per heavy atom. The lowest BCUT2D eigenvalue weighted by atomic mass is 10.1. The van der Waals surface area contributed by atoms with E-state index in [4.69, 9.17) is 11.6 Å². The summed E-state index contributed by atoms with van der Waals surface area (Å²) in [6.07, 6.45) is 0.0484. The molecule has 132 valence electrons. The van der Waals surface area contributed by atoms with Gasteiger partial charge in [0, 0.05) is 12.1 Å². The van der Waals surface area contributed by atoms with Gasteiger partial charge < -0.3 is 10.1 Å². The molecule has 7 nitrogen and oxygen atoms in total. The normalized spacial score (nSPS) is 14.8. The predicted molar refractivity (Wildman–Crippen MR) is 88.2 cm³/mol. The van der Waals surface area contributed by atoms with E-state index in [1.54, 1.807) is 0 Å². The van der Waals surface area contributed by atoms with Crippen LogP contribution in [-0.4, -0.2) is 37.2 Å². The molecule has 0 amide bonds. The van der Waals surface area contributed by atoms with Crippen LogP contribution in [-0.2, 0) is 32.2 Å². The van der Waals surface area contributed by atoms with Crippen molar-refractivity contribution in [1.82, 2.24) is 9.97 Å². The summed E-state index contributed by atoms with van der Waals surface area (Å²) in [5.74, 6) is -1.26. The maximum Gasteiger partial charge on any atom is 0.310 e. The van der Waals surface area contributed by atoms with E-state index in [1.165, 1.54) is 19.2 Å². The highest BCUT2D eigenvalue weighted by Gasteiger charge is 2.32. The van der Waals surface area contributed by atoms with E-state index in [0.717, 1.165) is 6.07 Å². The third-order valence-electron chi connectivity index (χ3n) is 3.71. The molecule has 0 saturated carbocycles. The van der Waals surface area contributed by atoms with Crippen LogP contribution >= 0.6 is 11.6 Å². The minimum absolute atomic E-state index is 0.00705. The molecule has 0 saturated heterocycles. The third-order valence-corrected chi connectivity index (χ3v) is 5.67. The van der Waals surface area contributed by atoms with Gasteiger partial charge in [-0.1, -0.05) is 6.07 Å². The Kier molecular flexibility index (Phi) is 4.61. The van der Waals surface area contributed by atoms with E-state index in [-0.39, 0.29) is 45.8 Å². The largest absolute Gasteiger partial charge is 0.469 e. The number of esters is 1. The van der Waals surface area contributed by atoms with E-state index >= 15 is 0 Å². The summed E-state index contributed by atoms with van der Waals surface area (Å²) in [6, 6.07) is 4.06. The molecular formula is C15H13ClFN3O4S. The number of rotatable bonds is 4. The molecule has 2 aromatic rings. The first-order chi connectivity index (χ1) is 11.8. The summed E-state index contributed by atoms with van der Waals surface area (Å²) < 4.78 is 43.0. The number of aromatic nitrogens is 2. The molecule has 1 aliphatic heterocycles. The van der Waals surface area contributed by atoms with Gasteiger partial charge >= 0.3 is 5.97 Å². The van der Waals surface area contributed by atoms with E-state index in [9.17, 15) is 17.6 Å². The Labute approximate surface area is 148 Å². The number of benzene rings is 1. The maximum absolute atomic E-state index is 14.1. The monoisotopic (exact) mass is 385 g/mol. The van der Waals surface area contributed by atoms with Crippen molar-refractivity contribution in [3.63, 3.8) is 0 Å². The van der Waals surface area contributed by atoms with Crippen LogP contribution < -0.4 is 5.32 Å². The second kappa shape index (κ2) is 6.57. The van der Waals surface area contributed by atoms with E-state index < -0.39 is 21.6 Å². The highest BCUT2D eigenvalue weighted by Crippen LogP contribution is 2.33. The second-order valence-corrected chi connectivity index (χ2v) is 7.75. The topological polar surface area (TPSA) is 98.2 Å². The third kappa shape index (κ3) is 3.57. The number of fused-ring (bicyclic) bond motifs is 1. The van der Waals surface area contributed by atoms with E-state index in [0.29, 0.717) is 5.69 Å². The molecule has 3 rings (SSSR count). The van der Waals surface area contributed by atoms with Crippen molar-refractivity contribution in [3.8, 4) is 0 Å². The molecular weight excluding hydrogens is 373 g/mol. The fourth-order valence-corrected chi connectivity index (χ4v) is 4.26. The molecule has 0 spiro atoms. The fourth-order valence-electron chi connectivity index (χ4n) is 2.51. The number of ether oxygens (including phenoxy) is 1. The van der Waals surface area contributed by atoms with Gasteiger partial charge in [0.05, 0.1) is 25.0 Å². The summed E-state index contributed by atoms with van der Waals surface area (Å²) in [5.41, 5.74) is 0.770. The van der Waals surface area contributed by atoms with Gasteiger partial charge in [-0.05, 0) is 29.3 Å². The number of hydrogen-bond donors (Lipinski definition) is 1. The molecule has 0 radical (unpaired) electrons. The smallest absolute Gasteiger partial charge is 0.310 e. The van der Waals surface area contributed by atoms with Crippen molar-refractivity contribution >= 4 is 38.9 Å². The zero-order chi connectivity index (χ0) is 18.2. The molecule has 0 aliphatic carbocycles. The Hall–Kier alpha value is -2.26. The van der Waals surface area contributed by atoms with Crippen LogP contribution in [0, 0.1) is 5.82 Å². The first-order valence-electron chi connectivity index (χ1n) is 7.21. The summed E-state index contributed by atoms with van der Waals surface area (Å²) in [4.78, 5) is 19.1. The zero-order valence-electron chi connectivity index (χ0n) is 13.0. The summed E-state index contributed by atoms with van der Waals surface area (Å²) >= 11 is 5.84. The first-order valence-corrected chi connectivity index (χ1v) is 9.24. The second-order valence-electron chi connectivity index (χ2n) is 5.37. The van der Waals surface area contributed by atoms with Crippen molar-refractivity contribution in [1.29, 1.82) is 0 Å². The van der Waals surface area contributed by atoms with Crippen LogP contribution in [0.15, 0.2) is 23.1 Å². The summed E-state index contributed by atoms with van der Waals surface area (Å²) in [6.45, 7) is 0. The van der Waals surface area contributed by atoms with Gasteiger partial charge in [-0.25, -0.2) is 17.8 Å². The molecule has 0 unspecified atom stereocenters. The Bertz CT molecular complexity index is 965. The van der Waals surface area contributed by atoms with Gasteiger partial charge in [0.15, 0.2) is 15.7 Å². The summed E-state index contributed by atoms with van der Waals surface area (Å²) in [5, 5.41) is 2.67. The minimum atomic E-state index is -3.51. The highest BCUT2D eigenvalue weighted by molar-refractivity contribution is 7.91. The number of sulfone groups is 1. The predicted octanol–water partition coefficient (Wildman–Crippen LogP) is 2.06. The van der Waals surface area contributed by atoms with Crippen LogP contribution in [0.4, 0.5) is 15.9 Å². The Morgan fingerprint density at radius 2 is 2.16 bits per heavy atom. The number of halogens is 2. The molecule has 0 fully saturated rings. The number of nitrogens with one attached hydrogen (secondary N) is 1. The van der Waals surface area contributed by atoms with Crippen LogP contribution in [0.2, 0.25) is 5.28 Å². The number of anilines is 2. The van der Waals surface area contributed by atoms with Gasteiger partial charge in [0.25, 0.3) is 0 Å². The van der Waals surface area contributed by atoms with Crippen molar-refractivity contribution in [3.05, 3.63) is 40.6 Å². The standard InChI is InChI=1S/C15H13ClFN3O4S/c1-24-12(21)6-8-2-3-9(7-10(8)17)18-14-13-11(19-15(16)20-14)4-5-25(13,22)23/h2-3,7H,4-6H2,1H3,(H,18,19,20). The van der Waals surface area contributed by atoms with E-state index in [2.05, 4.69) is 20.0 Å². The molecule has 1 aromatic heterocycles. The number of nitrogens with zero attached hydrogens (tertiary/aromatic N) is 2. The van der Waals surface area contributed by atoms with Crippen LogP contribution in [0.3, 0.4) is 0 Å². The molecule has 2 heterocycles. The Morgan fingerprint density at radius 1 is 1.40 bits per heavy atom. The maximum atomic E-state index is 14.1. The first kappa shape index (κ1) is 17.6. The Balaban J connectivity index is 1.94. The minimum Gasteiger partial charge on any atom is -0.469 e. The van der Waals surface area contributed by atoms with Crippen LogP contribution in [0.1, 0.15) is 11.3 Å². The lowest BCUT2D eigenvalue weighted by molar-refractivity contribution is -0.139. The molecule has 0 atom stereocenters. The van der Waals surface area contributed by atoms with Gasteiger partial charge in [0.1, 0.15) is 10.7 Å². The number of hydrogen-bond acceptors (Lipinski definition) is 7. The zero-order valence-corrected chi connectivity index (χ0v) is 14.6. The lowest BCUT2D eigenvalue weighted by Gasteiger charge is -2.11. The molecule has 25 heavy (non-hydrogen) atoms. The molecule has 10 heteroatoms. The SMILES string of the molecule is COC(=O)Cc1ccc(Nc2nc(Cl)nc3c2S(=O)(=O)CC3)cc1F. The van der Waals surface area contributed by atoms with Crippen molar-refractivity contribution in [2.45, 2.75) is 17.7 Å². The van der Waals surface area contributed by atoms with Gasteiger partial charge in [-0.3, -0.25) is 4.79 Å². The quantitative estimate of drug-likeness (QED) is 0.635. The van der Waals surface area contributed by atoms with Crippen molar-refractivity contribution < 1.29 is 22.3 Å². The summed E-state index contributed by atoms with van der Waals surface area (Å²) in [7, 11) is -2.29. The highest BCUT2D eigenvalue weighted by atomic mass is 35.5. The lowest BCUT2D eigenvalue weighted by Crippen LogP contribution is -2.08. The number of aryl methyl sites for hydroxylation is 1. The van der Waals surface area contributed by atoms with E-state index in [1.807, 2.05) is 0 Å². The van der Waals surface area contributed by atoms with Gasteiger partial charge in [-0.2, -0.15) is 4.98 Å². The van der Waals surface area contributed by atoms with Gasteiger partial charge in [-0.15, -0.1) is 0 Å².